The van der Waals surface area contributed by atoms with E-state index in [1.165, 1.54) is 11.6 Å². The third-order valence-corrected chi connectivity index (χ3v) is 4.11. The number of hydrogen-bond acceptors (Lipinski definition) is 1. The van der Waals surface area contributed by atoms with E-state index in [2.05, 4.69) is 27.3 Å². The lowest BCUT2D eigenvalue weighted by molar-refractivity contribution is 0.581. The molecule has 0 aliphatic heterocycles. The predicted octanol–water partition coefficient (Wildman–Crippen LogP) is 4.40. The molecule has 2 aromatic rings. The normalized spacial score (nSPS) is 12.4. The van der Waals surface area contributed by atoms with E-state index >= 15 is 0 Å². The Hall–Kier alpha value is -1.19. The molecule has 0 spiro atoms. The van der Waals surface area contributed by atoms with E-state index < -0.39 is 0 Å². The van der Waals surface area contributed by atoms with E-state index in [4.69, 9.17) is 0 Å². The highest BCUT2D eigenvalue weighted by Crippen LogP contribution is 2.25. The maximum absolute atomic E-state index is 13.2. The second kappa shape index (κ2) is 6.31. The molecule has 1 N–H and O–H groups in total. The van der Waals surface area contributed by atoms with Gasteiger partial charge in [0.25, 0.3) is 0 Å². The van der Waals surface area contributed by atoms with Crippen molar-refractivity contribution in [1.29, 1.82) is 0 Å². The topological polar surface area (TPSA) is 12.0 Å². The lowest BCUT2D eigenvalue weighted by Gasteiger charge is -2.19. The molecular weight excluding hydrogens is 305 g/mol. The standard InChI is InChI=1S/C16H17BrFN/c1-11-9-13(18)7-8-14(11)16(19-2)10-12-5-3-4-6-15(12)17/h3-9,16,19H,10H2,1-2H3. The summed E-state index contributed by atoms with van der Waals surface area (Å²) in [5.41, 5.74) is 3.36. The van der Waals surface area contributed by atoms with Crippen LogP contribution in [0.1, 0.15) is 22.7 Å². The number of aryl methyl sites for hydroxylation is 1. The molecule has 0 aromatic heterocycles. The van der Waals surface area contributed by atoms with Gasteiger partial charge in [0.15, 0.2) is 0 Å². The molecule has 2 aromatic carbocycles. The Balaban J connectivity index is 2.28. The Bertz CT molecular complexity index is 568. The molecule has 19 heavy (non-hydrogen) atoms. The van der Waals surface area contributed by atoms with Crippen LogP contribution >= 0.6 is 15.9 Å². The average Bonchev–Trinajstić information content (AvgIpc) is 2.39. The van der Waals surface area contributed by atoms with Gasteiger partial charge in [-0.15, -0.1) is 0 Å². The van der Waals surface area contributed by atoms with Gasteiger partial charge in [0.1, 0.15) is 5.82 Å². The zero-order chi connectivity index (χ0) is 13.8. The first kappa shape index (κ1) is 14.2. The van der Waals surface area contributed by atoms with Crippen LogP contribution in [0, 0.1) is 12.7 Å². The summed E-state index contributed by atoms with van der Waals surface area (Å²) in [4.78, 5) is 0. The number of rotatable bonds is 4. The van der Waals surface area contributed by atoms with Gasteiger partial charge < -0.3 is 5.32 Å². The van der Waals surface area contributed by atoms with Crippen molar-refractivity contribution in [3.63, 3.8) is 0 Å². The van der Waals surface area contributed by atoms with Crippen molar-refractivity contribution < 1.29 is 4.39 Å². The molecule has 0 saturated heterocycles. The Labute approximate surface area is 122 Å². The summed E-state index contributed by atoms with van der Waals surface area (Å²) in [6.45, 7) is 1.95. The van der Waals surface area contributed by atoms with Crippen LogP contribution in [0.3, 0.4) is 0 Å². The molecule has 3 heteroatoms. The van der Waals surface area contributed by atoms with Gasteiger partial charge in [-0.05, 0) is 55.3 Å². The lowest BCUT2D eigenvalue weighted by atomic mass is 9.95. The Morgan fingerprint density at radius 2 is 1.95 bits per heavy atom. The van der Waals surface area contributed by atoms with Crippen molar-refractivity contribution in [2.24, 2.45) is 0 Å². The summed E-state index contributed by atoms with van der Waals surface area (Å²) in [5, 5.41) is 3.31. The minimum Gasteiger partial charge on any atom is -0.313 e. The van der Waals surface area contributed by atoms with Gasteiger partial charge in [-0.25, -0.2) is 4.39 Å². The highest BCUT2D eigenvalue weighted by molar-refractivity contribution is 9.10. The van der Waals surface area contributed by atoms with Crippen LogP contribution in [0.4, 0.5) is 4.39 Å². The fraction of sp³-hybridized carbons (Fsp3) is 0.250. The van der Waals surface area contributed by atoms with Gasteiger partial charge in [0.2, 0.25) is 0 Å². The third-order valence-electron chi connectivity index (χ3n) is 3.34. The van der Waals surface area contributed by atoms with E-state index in [0.29, 0.717) is 0 Å². The molecule has 0 fully saturated rings. The zero-order valence-corrected chi connectivity index (χ0v) is 12.7. The number of hydrogen-bond donors (Lipinski definition) is 1. The number of nitrogens with one attached hydrogen (secondary N) is 1. The highest BCUT2D eigenvalue weighted by Gasteiger charge is 2.14. The first-order valence-electron chi connectivity index (χ1n) is 6.28. The summed E-state index contributed by atoms with van der Waals surface area (Å²) in [6.07, 6.45) is 0.865. The molecule has 1 nitrogen and oxygen atoms in total. The molecule has 0 heterocycles. The fourth-order valence-corrected chi connectivity index (χ4v) is 2.73. The molecule has 0 saturated carbocycles. The summed E-state index contributed by atoms with van der Waals surface area (Å²) in [6, 6.07) is 13.3. The van der Waals surface area contributed by atoms with Crippen LogP contribution in [0.15, 0.2) is 46.9 Å². The van der Waals surface area contributed by atoms with Crippen LogP contribution < -0.4 is 5.32 Å². The van der Waals surface area contributed by atoms with Crippen molar-refractivity contribution in [3.05, 3.63) is 69.4 Å². The van der Waals surface area contributed by atoms with Gasteiger partial charge in [-0.3, -0.25) is 0 Å². The number of benzene rings is 2. The predicted molar refractivity (Wildman–Crippen MR) is 80.8 cm³/mol. The maximum Gasteiger partial charge on any atom is 0.123 e. The van der Waals surface area contributed by atoms with Crippen LogP contribution in [0.2, 0.25) is 0 Å². The molecule has 2 rings (SSSR count). The smallest absolute Gasteiger partial charge is 0.123 e. The molecule has 1 unspecified atom stereocenters. The first-order valence-corrected chi connectivity index (χ1v) is 7.08. The number of halogens is 2. The summed E-state index contributed by atoms with van der Waals surface area (Å²) < 4.78 is 14.3. The second-order valence-corrected chi connectivity index (χ2v) is 5.49. The van der Waals surface area contributed by atoms with Crippen LogP contribution in [-0.2, 0) is 6.42 Å². The van der Waals surface area contributed by atoms with Crippen molar-refractivity contribution in [2.45, 2.75) is 19.4 Å². The van der Waals surface area contributed by atoms with Gasteiger partial charge >= 0.3 is 0 Å². The van der Waals surface area contributed by atoms with E-state index in [9.17, 15) is 4.39 Å². The van der Waals surface area contributed by atoms with E-state index in [0.717, 1.165) is 22.0 Å². The minimum absolute atomic E-state index is 0.180. The van der Waals surface area contributed by atoms with Crippen molar-refractivity contribution in [3.8, 4) is 0 Å². The minimum atomic E-state index is -0.183. The lowest BCUT2D eigenvalue weighted by Crippen LogP contribution is -2.20. The SMILES string of the molecule is CNC(Cc1ccccc1Br)c1ccc(F)cc1C. The average molecular weight is 322 g/mol. The van der Waals surface area contributed by atoms with Crippen molar-refractivity contribution in [2.75, 3.05) is 7.05 Å². The molecular formula is C16H17BrFN. The summed E-state index contributed by atoms with van der Waals surface area (Å²) in [7, 11) is 1.93. The molecule has 0 aliphatic rings. The molecule has 0 amide bonds. The Morgan fingerprint density at radius 3 is 2.58 bits per heavy atom. The largest absolute Gasteiger partial charge is 0.313 e. The molecule has 0 bridgehead atoms. The monoisotopic (exact) mass is 321 g/mol. The fourth-order valence-electron chi connectivity index (χ4n) is 2.28. The molecule has 1 atom stereocenters. The number of likely N-dealkylation sites (N-methyl/N-ethyl adjacent to an activating group) is 1. The zero-order valence-electron chi connectivity index (χ0n) is 11.1. The summed E-state index contributed by atoms with van der Waals surface area (Å²) in [5.74, 6) is -0.183. The van der Waals surface area contributed by atoms with Gasteiger partial charge in [-0.2, -0.15) is 0 Å². The van der Waals surface area contributed by atoms with E-state index in [1.807, 2.05) is 38.2 Å². The van der Waals surface area contributed by atoms with Gasteiger partial charge in [0, 0.05) is 10.5 Å². The molecule has 100 valence electrons. The van der Waals surface area contributed by atoms with Crippen molar-refractivity contribution in [1.82, 2.24) is 5.32 Å². The molecule has 0 radical (unpaired) electrons. The van der Waals surface area contributed by atoms with Gasteiger partial charge in [0.05, 0.1) is 0 Å². The van der Waals surface area contributed by atoms with E-state index in [-0.39, 0.29) is 11.9 Å². The van der Waals surface area contributed by atoms with Gasteiger partial charge in [-0.1, -0.05) is 40.2 Å². The quantitative estimate of drug-likeness (QED) is 0.880. The molecule has 0 aliphatic carbocycles. The first-order chi connectivity index (χ1) is 9.11. The van der Waals surface area contributed by atoms with E-state index in [1.54, 1.807) is 6.07 Å². The second-order valence-electron chi connectivity index (χ2n) is 4.64. The van der Waals surface area contributed by atoms with Crippen LogP contribution in [-0.4, -0.2) is 7.05 Å². The summed E-state index contributed by atoms with van der Waals surface area (Å²) >= 11 is 3.57. The van der Waals surface area contributed by atoms with Crippen molar-refractivity contribution >= 4 is 15.9 Å². The Kier molecular flexibility index (Phi) is 4.72. The third kappa shape index (κ3) is 3.43. The van der Waals surface area contributed by atoms with Crippen LogP contribution in [0.25, 0.3) is 0 Å². The van der Waals surface area contributed by atoms with Crippen LogP contribution in [0.5, 0.6) is 0 Å². The maximum atomic E-state index is 13.2. The Morgan fingerprint density at radius 1 is 1.21 bits per heavy atom. The highest BCUT2D eigenvalue weighted by atomic mass is 79.9.